The highest BCUT2D eigenvalue weighted by molar-refractivity contribution is 5.85. The highest BCUT2D eigenvalue weighted by atomic mass is 16.5. The van der Waals surface area contributed by atoms with Crippen molar-refractivity contribution in [2.45, 2.75) is 13.5 Å². The Bertz CT molecular complexity index is 502. The second-order valence-corrected chi connectivity index (χ2v) is 5.46. The molecule has 1 aliphatic rings. The van der Waals surface area contributed by atoms with Crippen LogP contribution in [0, 0.1) is 11.3 Å². The fourth-order valence-electron chi connectivity index (χ4n) is 2.85. The molecule has 0 aromatic heterocycles. The van der Waals surface area contributed by atoms with Crippen molar-refractivity contribution >= 4 is 11.9 Å². The molecule has 2 unspecified atom stereocenters. The first kappa shape index (κ1) is 14.5. The molecule has 20 heavy (non-hydrogen) atoms. The molecule has 0 amide bonds. The van der Waals surface area contributed by atoms with Gasteiger partial charge in [0.25, 0.3) is 0 Å². The maximum atomic E-state index is 11.9. The van der Waals surface area contributed by atoms with Gasteiger partial charge in [-0.15, -0.1) is 0 Å². The molecule has 108 valence electrons. The molecule has 0 bridgehead atoms. The van der Waals surface area contributed by atoms with Gasteiger partial charge in [-0.2, -0.15) is 0 Å². The lowest BCUT2D eigenvalue weighted by atomic mass is 9.80. The summed E-state index contributed by atoms with van der Waals surface area (Å²) < 4.78 is 4.79. The number of esters is 1. The number of likely N-dealkylation sites (tertiary alicyclic amines) is 1. The summed E-state index contributed by atoms with van der Waals surface area (Å²) in [6.07, 6.45) is 0. The van der Waals surface area contributed by atoms with Gasteiger partial charge < -0.3 is 9.84 Å². The molecule has 5 heteroatoms. The van der Waals surface area contributed by atoms with Crippen LogP contribution in [0.4, 0.5) is 0 Å². The number of carbonyl (C=O) groups excluding carboxylic acids is 1. The number of hydrogen-bond donors (Lipinski definition) is 1. The van der Waals surface area contributed by atoms with Crippen molar-refractivity contribution in [1.29, 1.82) is 0 Å². The van der Waals surface area contributed by atoms with Gasteiger partial charge in [0.15, 0.2) is 0 Å². The van der Waals surface area contributed by atoms with Crippen LogP contribution in [0.25, 0.3) is 0 Å². The zero-order valence-corrected chi connectivity index (χ0v) is 11.7. The number of rotatable bonds is 4. The standard InChI is InChI=1S/C15H19NO4/c1-15(14(19)20-2)10-16(9-12(15)13(17)18)8-11-6-4-3-5-7-11/h3-7,12H,8-10H2,1-2H3,(H,17,18). The van der Waals surface area contributed by atoms with Crippen LogP contribution in [-0.4, -0.2) is 42.1 Å². The Morgan fingerprint density at radius 1 is 1.40 bits per heavy atom. The minimum atomic E-state index is -0.991. The van der Waals surface area contributed by atoms with Gasteiger partial charge in [-0.05, 0) is 12.5 Å². The average Bonchev–Trinajstić information content (AvgIpc) is 2.77. The van der Waals surface area contributed by atoms with Gasteiger partial charge in [0.1, 0.15) is 0 Å². The number of ether oxygens (including phenoxy) is 1. The van der Waals surface area contributed by atoms with Gasteiger partial charge in [-0.1, -0.05) is 30.3 Å². The van der Waals surface area contributed by atoms with Gasteiger partial charge in [0, 0.05) is 19.6 Å². The van der Waals surface area contributed by atoms with Crippen LogP contribution in [0.15, 0.2) is 30.3 Å². The fraction of sp³-hybridized carbons (Fsp3) is 0.467. The Labute approximate surface area is 118 Å². The maximum Gasteiger partial charge on any atom is 0.313 e. The van der Waals surface area contributed by atoms with Gasteiger partial charge in [0.05, 0.1) is 18.4 Å². The molecule has 2 atom stereocenters. The number of carboxylic acids is 1. The molecule has 1 aromatic rings. The van der Waals surface area contributed by atoms with E-state index in [1.54, 1.807) is 6.92 Å². The van der Waals surface area contributed by atoms with Crippen molar-refractivity contribution in [3.8, 4) is 0 Å². The van der Waals surface area contributed by atoms with Crippen LogP contribution in [0.3, 0.4) is 0 Å². The van der Waals surface area contributed by atoms with E-state index in [1.807, 2.05) is 35.2 Å². The minimum absolute atomic E-state index is 0.357. The third-order valence-electron chi connectivity index (χ3n) is 3.96. The summed E-state index contributed by atoms with van der Waals surface area (Å²) >= 11 is 0. The van der Waals surface area contributed by atoms with E-state index < -0.39 is 23.3 Å². The summed E-state index contributed by atoms with van der Waals surface area (Å²) in [7, 11) is 1.30. The van der Waals surface area contributed by atoms with E-state index >= 15 is 0 Å². The van der Waals surface area contributed by atoms with Crippen LogP contribution in [0.2, 0.25) is 0 Å². The van der Waals surface area contributed by atoms with E-state index in [1.165, 1.54) is 7.11 Å². The normalized spacial score (nSPS) is 26.4. The van der Waals surface area contributed by atoms with Crippen molar-refractivity contribution in [2.75, 3.05) is 20.2 Å². The zero-order chi connectivity index (χ0) is 14.8. The first-order valence-electron chi connectivity index (χ1n) is 6.55. The van der Waals surface area contributed by atoms with Gasteiger partial charge in [0.2, 0.25) is 0 Å². The molecule has 1 aliphatic heterocycles. The number of methoxy groups -OCH3 is 1. The van der Waals surface area contributed by atoms with E-state index in [0.29, 0.717) is 19.6 Å². The minimum Gasteiger partial charge on any atom is -0.481 e. The molecule has 1 heterocycles. The lowest BCUT2D eigenvalue weighted by Gasteiger charge is -2.24. The van der Waals surface area contributed by atoms with E-state index in [4.69, 9.17) is 4.74 Å². The molecule has 0 radical (unpaired) electrons. The molecule has 2 rings (SSSR count). The third-order valence-corrected chi connectivity index (χ3v) is 3.96. The third kappa shape index (κ3) is 2.67. The molecular formula is C15H19NO4. The molecule has 0 spiro atoms. The first-order chi connectivity index (χ1) is 9.47. The molecule has 1 aromatic carbocycles. The summed E-state index contributed by atoms with van der Waals surface area (Å²) in [4.78, 5) is 25.3. The molecule has 1 N–H and O–H groups in total. The van der Waals surface area contributed by atoms with Crippen molar-refractivity contribution in [1.82, 2.24) is 4.90 Å². The number of hydrogen-bond acceptors (Lipinski definition) is 4. The maximum absolute atomic E-state index is 11.9. The summed E-state index contributed by atoms with van der Waals surface area (Å²) in [6.45, 7) is 3.06. The lowest BCUT2D eigenvalue weighted by Crippen LogP contribution is -2.40. The summed E-state index contributed by atoms with van der Waals surface area (Å²) in [6, 6.07) is 9.80. The Hall–Kier alpha value is -1.88. The highest BCUT2D eigenvalue weighted by Gasteiger charge is 2.52. The molecule has 0 aliphatic carbocycles. The Balaban J connectivity index is 2.16. The monoisotopic (exact) mass is 277 g/mol. The molecule has 5 nitrogen and oxygen atoms in total. The van der Waals surface area contributed by atoms with E-state index in [9.17, 15) is 14.7 Å². The van der Waals surface area contributed by atoms with Gasteiger partial charge in [-0.25, -0.2) is 0 Å². The number of nitrogens with zero attached hydrogens (tertiary/aromatic N) is 1. The molecule has 1 saturated heterocycles. The zero-order valence-electron chi connectivity index (χ0n) is 11.7. The predicted molar refractivity (Wildman–Crippen MR) is 73.0 cm³/mol. The van der Waals surface area contributed by atoms with Crippen molar-refractivity contribution < 1.29 is 19.4 Å². The van der Waals surface area contributed by atoms with Crippen LogP contribution in [-0.2, 0) is 20.9 Å². The predicted octanol–water partition coefficient (Wildman–Crippen LogP) is 1.38. The average molecular weight is 277 g/mol. The fourth-order valence-corrected chi connectivity index (χ4v) is 2.85. The number of carboxylic acid groups (broad SMARTS) is 1. The number of benzene rings is 1. The summed E-state index contributed by atoms with van der Waals surface area (Å²) in [5, 5.41) is 9.34. The van der Waals surface area contributed by atoms with Gasteiger partial charge in [-0.3, -0.25) is 14.5 Å². The first-order valence-corrected chi connectivity index (χ1v) is 6.55. The van der Waals surface area contributed by atoms with E-state index in [2.05, 4.69) is 0 Å². The van der Waals surface area contributed by atoms with E-state index in [0.717, 1.165) is 5.56 Å². The molecular weight excluding hydrogens is 258 g/mol. The van der Waals surface area contributed by atoms with Crippen LogP contribution < -0.4 is 0 Å². The Morgan fingerprint density at radius 2 is 2.05 bits per heavy atom. The number of aliphatic carboxylic acids is 1. The summed E-state index contributed by atoms with van der Waals surface area (Å²) in [5.41, 5.74) is 0.112. The molecule has 0 saturated carbocycles. The van der Waals surface area contributed by atoms with Crippen molar-refractivity contribution in [3.63, 3.8) is 0 Å². The summed E-state index contributed by atoms with van der Waals surface area (Å²) in [5.74, 6) is -2.15. The van der Waals surface area contributed by atoms with Crippen LogP contribution in [0.5, 0.6) is 0 Å². The second kappa shape index (κ2) is 5.63. The van der Waals surface area contributed by atoms with Crippen LogP contribution >= 0.6 is 0 Å². The second-order valence-electron chi connectivity index (χ2n) is 5.46. The largest absolute Gasteiger partial charge is 0.481 e. The highest BCUT2D eigenvalue weighted by Crippen LogP contribution is 2.37. The van der Waals surface area contributed by atoms with Crippen molar-refractivity contribution in [2.24, 2.45) is 11.3 Å². The van der Waals surface area contributed by atoms with Gasteiger partial charge >= 0.3 is 11.9 Å². The SMILES string of the molecule is COC(=O)C1(C)CN(Cc2ccccc2)CC1C(=O)O. The Morgan fingerprint density at radius 3 is 2.60 bits per heavy atom. The van der Waals surface area contributed by atoms with Crippen LogP contribution in [0.1, 0.15) is 12.5 Å². The lowest BCUT2D eigenvalue weighted by molar-refractivity contribution is -0.160. The quantitative estimate of drug-likeness (QED) is 0.842. The number of carbonyl (C=O) groups is 2. The smallest absolute Gasteiger partial charge is 0.313 e. The van der Waals surface area contributed by atoms with Crippen molar-refractivity contribution in [3.05, 3.63) is 35.9 Å². The molecule has 1 fully saturated rings. The Kier molecular flexibility index (Phi) is 4.09. The van der Waals surface area contributed by atoms with E-state index in [-0.39, 0.29) is 0 Å². The topological polar surface area (TPSA) is 66.8 Å².